The molecule has 1 aliphatic rings. The van der Waals surface area contributed by atoms with Crippen molar-refractivity contribution in [3.63, 3.8) is 0 Å². The number of nitrogens with zero attached hydrogens (tertiary/aromatic N) is 2. The summed E-state index contributed by atoms with van der Waals surface area (Å²) in [5.74, 6) is 0.682. The van der Waals surface area contributed by atoms with Crippen molar-refractivity contribution in [1.29, 1.82) is 0 Å². The lowest BCUT2D eigenvalue weighted by atomic mass is 9.93. The highest BCUT2D eigenvalue weighted by atomic mass is 16.5. The lowest BCUT2D eigenvalue weighted by molar-refractivity contribution is -0.0365. The number of hydrogen-bond acceptors (Lipinski definition) is 5. The fourth-order valence-electron chi connectivity index (χ4n) is 2.33. The lowest BCUT2D eigenvalue weighted by Crippen LogP contribution is -2.29. The summed E-state index contributed by atoms with van der Waals surface area (Å²) in [5, 5.41) is 6.87. The topological polar surface area (TPSA) is 60.2 Å². The zero-order chi connectivity index (χ0) is 11.4. The molecule has 1 saturated carbocycles. The van der Waals surface area contributed by atoms with Gasteiger partial charge >= 0.3 is 6.01 Å². The quantitative estimate of drug-likeness (QED) is 0.800. The summed E-state index contributed by atoms with van der Waals surface area (Å²) in [5.41, 5.74) is -0.338. The minimum Gasteiger partial charge on any atom is -0.370 e. The van der Waals surface area contributed by atoms with Crippen molar-refractivity contribution in [3.05, 3.63) is 5.82 Å². The third-order valence-electron chi connectivity index (χ3n) is 3.35. The van der Waals surface area contributed by atoms with Gasteiger partial charge in [0, 0.05) is 14.2 Å². The third kappa shape index (κ3) is 2.04. The van der Waals surface area contributed by atoms with Gasteiger partial charge in [0.05, 0.1) is 0 Å². The molecule has 0 aromatic carbocycles. The van der Waals surface area contributed by atoms with Crippen LogP contribution in [0.5, 0.6) is 0 Å². The second-order valence-electron chi connectivity index (χ2n) is 4.29. The van der Waals surface area contributed by atoms with E-state index >= 15 is 0 Å². The van der Waals surface area contributed by atoms with Crippen molar-refractivity contribution in [3.8, 4) is 0 Å². The summed E-state index contributed by atoms with van der Waals surface area (Å²) in [6.07, 6.45) is 6.82. The van der Waals surface area contributed by atoms with Gasteiger partial charge < -0.3 is 14.6 Å². The van der Waals surface area contributed by atoms with Crippen LogP contribution in [0.1, 0.15) is 44.3 Å². The summed E-state index contributed by atoms with van der Waals surface area (Å²) < 4.78 is 10.8. The average Bonchev–Trinajstić information content (AvgIpc) is 2.68. The number of nitrogens with one attached hydrogen (secondary N) is 1. The highest BCUT2D eigenvalue weighted by molar-refractivity contribution is 5.18. The Labute approximate surface area is 95.6 Å². The van der Waals surface area contributed by atoms with Gasteiger partial charge in [-0.25, -0.2) is 0 Å². The van der Waals surface area contributed by atoms with Crippen molar-refractivity contribution in [2.75, 3.05) is 19.5 Å². The molecule has 0 atom stereocenters. The minimum absolute atomic E-state index is 0.338. The zero-order valence-electron chi connectivity index (χ0n) is 9.95. The highest BCUT2D eigenvalue weighted by Gasteiger charge is 2.37. The fraction of sp³-hybridized carbons (Fsp3) is 0.818. The maximum Gasteiger partial charge on any atom is 0.321 e. The number of aromatic nitrogens is 2. The molecule has 1 fully saturated rings. The molecule has 0 unspecified atom stereocenters. The van der Waals surface area contributed by atoms with Gasteiger partial charge in [-0.1, -0.05) is 30.8 Å². The van der Waals surface area contributed by atoms with Crippen LogP contribution in [0.25, 0.3) is 0 Å². The Balaban J connectivity index is 2.24. The van der Waals surface area contributed by atoms with Crippen molar-refractivity contribution < 1.29 is 9.26 Å². The molecule has 5 heteroatoms. The van der Waals surface area contributed by atoms with Crippen LogP contribution in [0, 0.1) is 0 Å². The molecule has 0 spiro atoms. The van der Waals surface area contributed by atoms with Crippen LogP contribution < -0.4 is 5.32 Å². The van der Waals surface area contributed by atoms with E-state index in [1.165, 1.54) is 12.8 Å². The number of anilines is 1. The Morgan fingerprint density at radius 3 is 2.44 bits per heavy atom. The van der Waals surface area contributed by atoms with E-state index in [9.17, 15) is 0 Å². The van der Waals surface area contributed by atoms with Gasteiger partial charge in [0.2, 0.25) is 5.82 Å². The number of rotatable bonds is 3. The molecular weight excluding hydrogens is 206 g/mol. The predicted octanol–water partition coefficient (Wildman–Crippen LogP) is 2.31. The van der Waals surface area contributed by atoms with Crippen LogP contribution in [-0.2, 0) is 10.3 Å². The van der Waals surface area contributed by atoms with Crippen LogP contribution in [0.4, 0.5) is 6.01 Å². The maximum absolute atomic E-state index is 5.69. The van der Waals surface area contributed by atoms with E-state index in [4.69, 9.17) is 9.26 Å². The van der Waals surface area contributed by atoms with Crippen LogP contribution in [0.3, 0.4) is 0 Å². The molecule has 0 radical (unpaired) electrons. The molecule has 90 valence electrons. The number of ether oxygens (including phenoxy) is 1. The van der Waals surface area contributed by atoms with E-state index in [0.29, 0.717) is 11.8 Å². The van der Waals surface area contributed by atoms with E-state index in [1.54, 1.807) is 14.2 Å². The normalized spacial score (nSPS) is 20.4. The molecular formula is C11H19N3O2. The maximum atomic E-state index is 5.69. The van der Waals surface area contributed by atoms with Crippen LogP contribution >= 0.6 is 0 Å². The Bertz CT molecular complexity index is 330. The summed E-state index contributed by atoms with van der Waals surface area (Å²) in [6, 6.07) is 0.454. The molecule has 1 N–H and O–H groups in total. The molecule has 1 aromatic rings. The summed E-state index contributed by atoms with van der Waals surface area (Å²) in [6.45, 7) is 0. The van der Waals surface area contributed by atoms with Gasteiger partial charge in [-0.15, -0.1) is 0 Å². The average molecular weight is 225 g/mol. The molecule has 16 heavy (non-hydrogen) atoms. The zero-order valence-corrected chi connectivity index (χ0v) is 9.95. The fourth-order valence-corrected chi connectivity index (χ4v) is 2.33. The first-order valence-corrected chi connectivity index (χ1v) is 5.88. The molecule has 1 aliphatic carbocycles. The largest absolute Gasteiger partial charge is 0.370 e. The summed E-state index contributed by atoms with van der Waals surface area (Å²) >= 11 is 0. The standard InChI is InChI=1S/C11H19N3O2/c1-12-10-13-9(14-16-10)11(15-2)7-5-3-4-6-8-11/h3-8H2,1-2H3,(H,12,13,14). The second kappa shape index (κ2) is 4.82. The van der Waals surface area contributed by atoms with Gasteiger partial charge in [0.25, 0.3) is 0 Å². The molecule has 1 heterocycles. The second-order valence-corrected chi connectivity index (χ2v) is 4.29. The Morgan fingerprint density at radius 1 is 1.25 bits per heavy atom. The first kappa shape index (κ1) is 11.4. The van der Waals surface area contributed by atoms with Crippen LogP contribution in [0.15, 0.2) is 4.52 Å². The Morgan fingerprint density at radius 2 is 1.94 bits per heavy atom. The van der Waals surface area contributed by atoms with Gasteiger partial charge in [-0.05, 0) is 12.8 Å². The van der Waals surface area contributed by atoms with E-state index in [2.05, 4.69) is 15.5 Å². The van der Waals surface area contributed by atoms with Crippen molar-refractivity contribution >= 4 is 6.01 Å². The van der Waals surface area contributed by atoms with E-state index < -0.39 is 0 Å². The van der Waals surface area contributed by atoms with E-state index in [1.807, 2.05) is 0 Å². The first-order valence-electron chi connectivity index (χ1n) is 5.88. The Hall–Kier alpha value is -1.10. The van der Waals surface area contributed by atoms with Crippen LogP contribution in [0.2, 0.25) is 0 Å². The summed E-state index contributed by atoms with van der Waals surface area (Å²) in [7, 11) is 3.50. The van der Waals surface area contributed by atoms with Gasteiger partial charge in [-0.2, -0.15) is 4.98 Å². The van der Waals surface area contributed by atoms with Crippen molar-refractivity contribution in [1.82, 2.24) is 10.1 Å². The SMILES string of the molecule is CNc1nc(C2(OC)CCCCCC2)no1. The molecule has 0 amide bonds. The molecule has 0 saturated heterocycles. The highest BCUT2D eigenvalue weighted by Crippen LogP contribution is 2.37. The third-order valence-corrected chi connectivity index (χ3v) is 3.35. The minimum atomic E-state index is -0.338. The van der Waals surface area contributed by atoms with Gasteiger partial charge in [0.15, 0.2) is 0 Å². The Kier molecular flexibility index (Phi) is 3.43. The first-order chi connectivity index (χ1) is 7.80. The number of hydrogen-bond donors (Lipinski definition) is 1. The number of methoxy groups -OCH3 is 1. The van der Waals surface area contributed by atoms with Crippen molar-refractivity contribution in [2.24, 2.45) is 0 Å². The molecule has 1 aromatic heterocycles. The molecule has 5 nitrogen and oxygen atoms in total. The van der Waals surface area contributed by atoms with Gasteiger partial charge in [-0.3, -0.25) is 0 Å². The lowest BCUT2D eigenvalue weighted by Gasteiger charge is -2.27. The summed E-state index contributed by atoms with van der Waals surface area (Å²) in [4.78, 5) is 4.32. The predicted molar refractivity (Wildman–Crippen MR) is 60.2 cm³/mol. The molecule has 0 bridgehead atoms. The monoisotopic (exact) mass is 225 g/mol. The molecule has 2 rings (SSSR count). The van der Waals surface area contributed by atoms with E-state index in [0.717, 1.165) is 25.7 Å². The van der Waals surface area contributed by atoms with Crippen molar-refractivity contribution in [2.45, 2.75) is 44.1 Å². The van der Waals surface area contributed by atoms with Crippen LogP contribution in [-0.4, -0.2) is 24.3 Å². The van der Waals surface area contributed by atoms with Gasteiger partial charge in [0.1, 0.15) is 5.60 Å². The van der Waals surface area contributed by atoms with E-state index in [-0.39, 0.29) is 5.60 Å². The molecule has 0 aliphatic heterocycles. The smallest absolute Gasteiger partial charge is 0.321 e.